The first kappa shape index (κ1) is 27.7. The van der Waals surface area contributed by atoms with Crippen LogP contribution in [0.25, 0.3) is 31.1 Å². The van der Waals surface area contributed by atoms with Crippen LogP contribution in [0.1, 0.15) is 11.1 Å². The van der Waals surface area contributed by atoms with E-state index in [1.54, 1.807) is 18.2 Å². The van der Waals surface area contributed by atoms with E-state index in [4.69, 9.17) is 0 Å². The number of nitrogens with zero attached hydrogens (tertiary/aromatic N) is 3. The fourth-order valence-electron chi connectivity index (χ4n) is 8.25. The highest BCUT2D eigenvalue weighted by molar-refractivity contribution is 7.26. The lowest BCUT2D eigenvalue weighted by Gasteiger charge is -2.43. The Hall–Kier alpha value is -5.40. The largest absolute Gasteiger partial charge is 0.330 e. The number of anilines is 6. The van der Waals surface area contributed by atoms with Gasteiger partial charge in [0, 0.05) is 50.1 Å². The highest BCUT2D eigenvalue weighted by Crippen LogP contribution is 2.47. The van der Waals surface area contributed by atoms with Gasteiger partial charge in [0.05, 0.1) is 5.69 Å². The number of aryl methyl sites for hydroxylation is 3. The topological polar surface area (TPSA) is 11.4 Å². The SMILES string of the molecule is Cc1cc(N2c3cc4sc5ccccc5c4cc3B3c4c2cccc4N(c2ccc(F)cc2C)c2c3c3ccccc3n2C)ccc1F. The average molecular weight is 644 g/mol. The summed E-state index contributed by atoms with van der Waals surface area (Å²) < 4.78 is 34.1. The summed E-state index contributed by atoms with van der Waals surface area (Å²) in [7, 11) is 2.13. The minimum atomic E-state index is -0.253. The van der Waals surface area contributed by atoms with Gasteiger partial charge in [-0.15, -0.1) is 11.3 Å². The zero-order valence-electron chi connectivity index (χ0n) is 26.6. The molecule has 0 atom stereocenters. The Bertz CT molecular complexity index is 2670. The predicted octanol–water partition coefficient (Wildman–Crippen LogP) is 9.52. The second-order valence-corrected chi connectivity index (χ2v) is 14.1. The van der Waals surface area contributed by atoms with Crippen molar-refractivity contribution in [2.45, 2.75) is 13.8 Å². The molecular formula is C41H28BF2N3S. The molecule has 3 nitrogen and oxygen atoms in total. The molecule has 10 rings (SSSR count). The van der Waals surface area contributed by atoms with Crippen molar-refractivity contribution < 1.29 is 8.78 Å². The fraction of sp³-hybridized carbons (Fsp3) is 0.0732. The number of aromatic nitrogens is 1. The molecule has 7 heteroatoms. The Labute approximate surface area is 281 Å². The summed E-state index contributed by atoms with van der Waals surface area (Å²) in [5.74, 6) is 0.604. The van der Waals surface area contributed by atoms with Gasteiger partial charge in [-0.05, 0) is 119 Å². The van der Waals surface area contributed by atoms with Gasteiger partial charge < -0.3 is 9.47 Å². The maximum atomic E-state index is 14.7. The molecule has 2 aromatic heterocycles. The molecular weight excluding hydrogens is 615 g/mol. The standard InChI is InChI=1S/C41H28BF2N3S/c1-23-20-26(16-17-31(23)44)46-34-12-8-13-35-40(34)42(30-21-29-27-9-5-7-14-37(27)48-38(29)22-36(30)46)39-28-10-4-6-11-33(28)45(3)41(39)47(35)32-18-15-25(43)19-24(32)2/h4-22H,1-3H3. The minimum Gasteiger partial charge on any atom is -0.330 e. The number of halogens is 2. The number of hydrogen-bond acceptors (Lipinski definition) is 3. The quantitative estimate of drug-likeness (QED) is 0.174. The molecule has 0 saturated heterocycles. The average Bonchev–Trinajstić information content (AvgIpc) is 3.60. The van der Waals surface area contributed by atoms with Crippen molar-refractivity contribution in [1.29, 1.82) is 0 Å². The Morgan fingerprint density at radius 2 is 1.35 bits per heavy atom. The molecule has 0 bridgehead atoms. The third-order valence-electron chi connectivity index (χ3n) is 10.3. The first-order valence-electron chi connectivity index (χ1n) is 16.2. The third-order valence-corrected chi connectivity index (χ3v) is 11.5. The zero-order valence-corrected chi connectivity index (χ0v) is 27.4. The van der Waals surface area contributed by atoms with Gasteiger partial charge in [0.1, 0.15) is 17.5 Å². The van der Waals surface area contributed by atoms with Gasteiger partial charge in [-0.1, -0.05) is 48.5 Å². The number of para-hydroxylation sites is 1. The minimum absolute atomic E-state index is 0.0786. The first-order chi connectivity index (χ1) is 23.4. The van der Waals surface area contributed by atoms with Crippen LogP contribution in [0.3, 0.4) is 0 Å². The fourth-order valence-corrected chi connectivity index (χ4v) is 9.37. The van der Waals surface area contributed by atoms with Crippen LogP contribution >= 0.6 is 11.3 Å². The molecule has 48 heavy (non-hydrogen) atoms. The van der Waals surface area contributed by atoms with Crippen molar-refractivity contribution in [2.75, 3.05) is 9.80 Å². The Morgan fingerprint density at radius 3 is 2.17 bits per heavy atom. The highest BCUT2D eigenvalue weighted by atomic mass is 32.1. The predicted molar refractivity (Wildman–Crippen MR) is 199 cm³/mol. The van der Waals surface area contributed by atoms with E-state index in [0.717, 1.165) is 45.3 Å². The molecule has 2 aliphatic heterocycles. The zero-order chi connectivity index (χ0) is 32.4. The van der Waals surface area contributed by atoms with Gasteiger partial charge in [-0.3, -0.25) is 4.90 Å². The summed E-state index contributed by atoms with van der Waals surface area (Å²) in [5.41, 5.74) is 11.3. The van der Waals surface area contributed by atoms with Gasteiger partial charge in [-0.2, -0.15) is 0 Å². The molecule has 0 saturated carbocycles. The van der Waals surface area contributed by atoms with E-state index in [1.165, 1.54) is 41.9 Å². The maximum Gasteiger partial charge on any atom is 0.255 e. The van der Waals surface area contributed by atoms with Crippen LogP contribution in [0, 0.1) is 25.5 Å². The molecule has 230 valence electrons. The molecule has 0 fully saturated rings. The van der Waals surface area contributed by atoms with Gasteiger partial charge in [-0.25, -0.2) is 8.78 Å². The van der Waals surface area contributed by atoms with Crippen LogP contribution in [0.15, 0.2) is 115 Å². The summed E-state index contributed by atoms with van der Waals surface area (Å²) in [6.45, 7) is 3.72. The summed E-state index contributed by atoms with van der Waals surface area (Å²) >= 11 is 1.81. The lowest BCUT2D eigenvalue weighted by atomic mass is 9.33. The van der Waals surface area contributed by atoms with Gasteiger partial charge in [0.25, 0.3) is 6.71 Å². The summed E-state index contributed by atoms with van der Waals surface area (Å²) in [5, 5.41) is 3.68. The molecule has 6 aromatic carbocycles. The number of hydrogen-bond donors (Lipinski definition) is 0. The molecule has 0 spiro atoms. The van der Waals surface area contributed by atoms with Crippen molar-refractivity contribution in [1.82, 2.24) is 4.57 Å². The van der Waals surface area contributed by atoms with E-state index in [9.17, 15) is 8.78 Å². The first-order valence-corrected chi connectivity index (χ1v) is 17.0. The summed E-state index contributed by atoms with van der Waals surface area (Å²) in [6.07, 6.45) is 0. The lowest BCUT2D eigenvalue weighted by molar-refractivity contribution is 0.618. The van der Waals surface area contributed by atoms with E-state index < -0.39 is 0 Å². The van der Waals surface area contributed by atoms with Gasteiger partial charge >= 0.3 is 0 Å². The number of thiophene rings is 1. The van der Waals surface area contributed by atoms with Crippen LogP contribution in [-0.2, 0) is 7.05 Å². The normalized spacial score (nSPS) is 13.4. The molecule has 0 amide bonds. The van der Waals surface area contributed by atoms with E-state index in [1.807, 2.05) is 43.4 Å². The van der Waals surface area contributed by atoms with E-state index in [2.05, 4.69) is 100 Å². The van der Waals surface area contributed by atoms with Crippen LogP contribution in [0.5, 0.6) is 0 Å². The van der Waals surface area contributed by atoms with Gasteiger partial charge in [0.15, 0.2) is 0 Å². The highest BCUT2D eigenvalue weighted by Gasteiger charge is 2.46. The Balaban J connectivity index is 1.38. The van der Waals surface area contributed by atoms with Gasteiger partial charge in [0.2, 0.25) is 0 Å². The Morgan fingerprint density at radius 1 is 0.583 bits per heavy atom. The van der Waals surface area contributed by atoms with Crippen molar-refractivity contribution >= 4 is 99.8 Å². The molecule has 0 unspecified atom stereocenters. The van der Waals surface area contributed by atoms with E-state index in [-0.39, 0.29) is 18.3 Å². The Kier molecular flexibility index (Phi) is 5.66. The molecule has 0 aliphatic carbocycles. The van der Waals surface area contributed by atoms with Crippen LogP contribution in [0.2, 0.25) is 0 Å². The van der Waals surface area contributed by atoms with Crippen molar-refractivity contribution in [3.05, 3.63) is 138 Å². The number of benzene rings is 6. The molecule has 8 aromatic rings. The number of fused-ring (bicyclic) bond motifs is 9. The van der Waals surface area contributed by atoms with Crippen molar-refractivity contribution in [2.24, 2.45) is 7.05 Å². The molecule has 0 radical (unpaired) electrons. The van der Waals surface area contributed by atoms with Crippen molar-refractivity contribution in [3.63, 3.8) is 0 Å². The smallest absolute Gasteiger partial charge is 0.255 e. The molecule has 0 N–H and O–H groups in total. The molecule has 2 aliphatic rings. The summed E-state index contributed by atoms with van der Waals surface area (Å²) in [4.78, 5) is 4.63. The number of rotatable bonds is 2. The monoisotopic (exact) mass is 643 g/mol. The lowest BCUT2D eigenvalue weighted by Crippen LogP contribution is -2.61. The van der Waals surface area contributed by atoms with Crippen LogP contribution < -0.4 is 26.2 Å². The van der Waals surface area contributed by atoms with E-state index in [0.29, 0.717) is 5.56 Å². The van der Waals surface area contributed by atoms with Crippen LogP contribution in [0.4, 0.5) is 43.0 Å². The van der Waals surface area contributed by atoms with Crippen molar-refractivity contribution in [3.8, 4) is 0 Å². The third kappa shape index (κ3) is 3.62. The summed E-state index contributed by atoms with van der Waals surface area (Å²) in [6, 6.07) is 38.9. The second-order valence-electron chi connectivity index (χ2n) is 13.0. The van der Waals surface area contributed by atoms with E-state index >= 15 is 0 Å². The molecule has 4 heterocycles. The maximum absolute atomic E-state index is 14.7. The second kappa shape index (κ2) is 9.81. The van der Waals surface area contributed by atoms with Crippen LogP contribution in [-0.4, -0.2) is 11.3 Å².